The number of nitrogens with zero attached hydrogens (tertiary/aromatic N) is 1. The maximum atomic E-state index is 13.8. The number of anilines is 2. The molecule has 1 aromatic heterocycles. The zero-order valence-corrected chi connectivity index (χ0v) is 11.5. The van der Waals surface area contributed by atoms with Gasteiger partial charge in [0.25, 0.3) is 0 Å². The molecule has 0 aliphatic rings. The Balaban J connectivity index is 2.11. The molecule has 0 saturated heterocycles. The van der Waals surface area contributed by atoms with Crippen LogP contribution in [0.3, 0.4) is 0 Å². The first-order valence-corrected chi connectivity index (χ1v) is 6.78. The maximum Gasteiger partial charge on any atom is 0.182 e. The molecular weight excluding hydrogens is 270 g/mol. The molecule has 21 heavy (non-hydrogen) atoms. The summed E-state index contributed by atoms with van der Waals surface area (Å²) in [7, 11) is 0. The van der Waals surface area contributed by atoms with Crippen molar-refractivity contribution >= 4 is 22.3 Å². The molecule has 0 atom stereocenters. The van der Waals surface area contributed by atoms with Gasteiger partial charge in [-0.2, -0.15) is 0 Å². The Morgan fingerprint density at radius 2 is 1.81 bits per heavy atom. The molecule has 0 spiro atoms. The van der Waals surface area contributed by atoms with Crippen molar-refractivity contribution < 1.29 is 8.78 Å². The van der Waals surface area contributed by atoms with E-state index in [0.29, 0.717) is 5.82 Å². The number of hydrogen-bond acceptors (Lipinski definition) is 2. The van der Waals surface area contributed by atoms with E-state index in [0.717, 1.165) is 23.3 Å². The average molecular weight is 284 g/mol. The molecule has 0 aliphatic carbocycles. The van der Waals surface area contributed by atoms with Crippen molar-refractivity contribution in [3.8, 4) is 0 Å². The highest BCUT2D eigenvalue weighted by Crippen LogP contribution is 2.28. The van der Waals surface area contributed by atoms with Crippen LogP contribution in [0.4, 0.5) is 20.3 Å². The lowest BCUT2D eigenvalue weighted by atomic mass is 10.0. The summed E-state index contributed by atoms with van der Waals surface area (Å²) in [6.45, 7) is 2.08. The van der Waals surface area contributed by atoms with E-state index in [1.165, 1.54) is 17.7 Å². The monoisotopic (exact) mass is 284 g/mol. The first kappa shape index (κ1) is 13.5. The second kappa shape index (κ2) is 5.48. The van der Waals surface area contributed by atoms with Crippen LogP contribution in [-0.4, -0.2) is 4.98 Å². The number of fused-ring (bicyclic) bond motifs is 1. The number of nitrogens with one attached hydrogen (secondary N) is 1. The quantitative estimate of drug-likeness (QED) is 0.746. The zero-order chi connectivity index (χ0) is 14.8. The second-order valence-corrected chi connectivity index (χ2v) is 4.75. The highest BCUT2D eigenvalue weighted by atomic mass is 19.2. The molecular formula is C17H14F2N2. The van der Waals surface area contributed by atoms with E-state index < -0.39 is 11.6 Å². The lowest BCUT2D eigenvalue weighted by Gasteiger charge is -2.11. The first-order valence-electron chi connectivity index (χ1n) is 6.78. The Labute approximate surface area is 121 Å². The summed E-state index contributed by atoms with van der Waals surface area (Å²) < 4.78 is 27.0. The van der Waals surface area contributed by atoms with E-state index in [-0.39, 0.29) is 5.69 Å². The van der Waals surface area contributed by atoms with Crippen LogP contribution in [0.5, 0.6) is 0 Å². The molecule has 3 aromatic rings. The van der Waals surface area contributed by atoms with Crippen LogP contribution in [0, 0.1) is 11.6 Å². The Hall–Kier alpha value is -2.49. The fourth-order valence-electron chi connectivity index (χ4n) is 2.41. The van der Waals surface area contributed by atoms with E-state index in [4.69, 9.17) is 0 Å². The number of rotatable bonds is 3. The van der Waals surface area contributed by atoms with Crippen molar-refractivity contribution in [3.63, 3.8) is 0 Å². The highest BCUT2D eigenvalue weighted by Gasteiger charge is 2.10. The van der Waals surface area contributed by atoms with Crippen molar-refractivity contribution in [2.75, 3.05) is 5.32 Å². The van der Waals surface area contributed by atoms with Gasteiger partial charge in [-0.05, 0) is 35.6 Å². The largest absolute Gasteiger partial charge is 0.337 e. The molecule has 0 amide bonds. The number of aromatic nitrogens is 1. The van der Waals surface area contributed by atoms with Crippen LogP contribution in [0.25, 0.3) is 10.8 Å². The summed E-state index contributed by atoms with van der Waals surface area (Å²) in [6, 6.07) is 11.9. The number of hydrogen-bond donors (Lipinski definition) is 1. The van der Waals surface area contributed by atoms with Crippen molar-refractivity contribution in [3.05, 3.63) is 65.9 Å². The molecule has 2 aromatic carbocycles. The summed E-state index contributed by atoms with van der Waals surface area (Å²) in [4.78, 5) is 4.25. The Kier molecular flexibility index (Phi) is 3.52. The molecule has 0 fully saturated rings. The summed E-state index contributed by atoms with van der Waals surface area (Å²) in [5, 5.41) is 4.83. The molecule has 1 heterocycles. The molecule has 0 saturated carbocycles. The predicted octanol–water partition coefficient (Wildman–Crippen LogP) is 4.82. The molecule has 2 nitrogen and oxygen atoms in total. The maximum absolute atomic E-state index is 13.8. The van der Waals surface area contributed by atoms with Gasteiger partial charge in [-0.25, -0.2) is 13.8 Å². The predicted molar refractivity (Wildman–Crippen MR) is 80.8 cm³/mol. The van der Waals surface area contributed by atoms with E-state index in [9.17, 15) is 8.78 Å². The standard InChI is InChI=1S/C17H14F2N2/c1-2-11-5-3-6-13-12(11)9-10-20-17(13)21-15-8-4-7-14(18)16(15)19/h3-10H,2H2,1H3,(H,20,21). The SMILES string of the molecule is CCc1cccc2c(Nc3cccc(F)c3F)nccc12. The Bertz CT molecular complexity index is 800. The van der Waals surface area contributed by atoms with Crippen LogP contribution in [0.15, 0.2) is 48.7 Å². The third-order valence-corrected chi connectivity index (χ3v) is 3.48. The van der Waals surface area contributed by atoms with Gasteiger partial charge in [0.05, 0.1) is 5.69 Å². The number of aryl methyl sites for hydroxylation is 1. The van der Waals surface area contributed by atoms with E-state index in [1.807, 2.05) is 18.2 Å². The first-order chi connectivity index (χ1) is 10.2. The normalized spacial score (nSPS) is 10.8. The molecule has 0 aliphatic heterocycles. The molecule has 0 bridgehead atoms. The minimum Gasteiger partial charge on any atom is -0.337 e. The van der Waals surface area contributed by atoms with Crippen LogP contribution in [0.1, 0.15) is 12.5 Å². The van der Waals surface area contributed by atoms with Crippen molar-refractivity contribution in [2.24, 2.45) is 0 Å². The van der Waals surface area contributed by atoms with Crippen LogP contribution < -0.4 is 5.32 Å². The van der Waals surface area contributed by atoms with Gasteiger partial charge in [-0.1, -0.05) is 31.2 Å². The number of halogens is 2. The van der Waals surface area contributed by atoms with Gasteiger partial charge in [0.2, 0.25) is 0 Å². The van der Waals surface area contributed by atoms with Gasteiger partial charge in [-0.3, -0.25) is 0 Å². The van der Waals surface area contributed by atoms with Gasteiger partial charge in [-0.15, -0.1) is 0 Å². The summed E-state index contributed by atoms with van der Waals surface area (Å²) in [5.41, 5.74) is 1.27. The highest BCUT2D eigenvalue weighted by molar-refractivity contribution is 5.95. The third kappa shape index (κ3) is 2.44. The van der Waals surface area contributed by atoms with Gasteiger partial charge < -0.3 is 5.32 Å². The van der Waals surface area contributed by atoms with Gasteiger partial charge in [0, 0.05) is 11.6 Å². The summed E-state index contributed by atoms with van der Waals surface area (Å²) in [6.07, 6.45) is 2.57. The van der Waals surface area contributed by atoms with Gasteiger partial charge in [0.15, 0.2) is 11.6 Å². The van der Waals surface area contributed by atoms with E-state index in [2.05, 4.69) is 23.3 Å². The molecule has 106 valence electrons. The van der Waals surface area contributed by atoms with Crippen molar-refractivity contribution in [1.82, 2.24) is 4.98 Å². The second-order valence-electron chi connectivity index (χ2n) is 4.75. The number of benzene rings is 2. The topological polar surface area (TPSA) is 24.9 Å². The number of pyridine rings is 1. The van der Waals surface area contributed by atoms with Gasteiger partial charge in [0.1, 0.15) is 5.82 Å². The lowest BCUT2D eigenvalue weighted by Crippen LogP contribution is -1.99. The minimum absolute atomic E-state index is 0.0805. The van der Waals surface area contributed by atoms with Crippen LogP contribution in [-0.2, 0) is 6.42 Å². The van der Waals surface area contributed by atoms with Gasteiger partial charge >= 0.3 is 0 Å². The fourth-order valence-corrected chi connectivity index (χ4v) is 2.41. The van der Waals surface area contributed by atoms with Crippen LogP contribution in [0.2, 0.25) is 0 Å². The smallest absolute Gasteiger partial charge is 0.182 e. The molecule has 4 heteroatoms. The van der Waals surface area contributed by atoms with Crippen molar-refractivity contribution in [1.29, 1.82) is 0 Å². The average Bonchev–Trinajstić information content (AvgIpc) is 2.51. The molecule has 1 N–H and O–H groups in total. The fraction of sp³-hybridized carbons (Fsp3) is 0.118. The van der Waals surface area contributed by atoms with Crippen LogP contribution >= 0.6 is 0 Å². The lowest BCUT2D eigenvalue weighted by molar-refractivity contribution is 0.512. The zero-order valence-electron chi connectivity index (χ0n) is 11.5. The summed E-state index contributed by atoms with van der Waals surface area (Å²) in [5.74, 6) is -1.26. The summed E-state index contributed by atoms with van der Waals surface area (Å²) >= 11 is 0. The third-order valence-electron chi connectivity index (χ3n) is 3.48. The van der Waals surface area contributed by atoms with E-state index in [1.54, 1.807) is 6.20 Å². The molecule has 0 radical (unpaired) electrons. The van der Waals surface area contributed by atoms with Crippen molar-refractivity contribution in [2.45, 2.75) is 13.3 Å². The minimum atomic E-state index is -0.900. The molecule has 0 unspecified atom stereocenters. The Morgan fingerprint density at radius 3 is 2.62 bits per heavy atom. The molecule has 3 rings (SSSR count). The Morgan fingerprint density at radius 1 is 1.00 bits per heavy atom. The van der Waals surface area contributed by atoms with E-state index >= 15 is 0 Å².